The van der Waals surface area contributed by atoms with E-state index in [1.165, 1.54) is 0 Å². The topological polar surface area (TPSA) is 119 Å². The fraction of sp³-hybridized carbons (Fsp3) is 0.235. The highest BCUT2D eigenvalue weighted by Gasteiger charge is 2.43. The zero-order chi connectivity index (χ0) is 18.6. The Bertz CT molecular complexity index is 694. The number of rotatable bonds is 3. The van der Waals surface area contributed by atoms with Gasteiger partial charge in [-0.05, 0) is 31.2 Å². The minimum absolute atomic E-state index is 0.00815. The third-order valence-electron chi connectivity index (χ3n) is 3.55. The van der Waals surface area contributed by atoms with E-state index < -0.39 is 10.2 Å². The summed E-state index contributed by atoms with van der Waals surface area (Å²) in [6.07, 6.45) is 0.579. The van der Waals surface area contributed by atoms with Crippen molar-refractivity contribution < 1.29 is 38.4 Å². The molecule has 0 saturated heterocycles. The van der Waals surface area contributed by atoms with E-state index in [-0.39, 0.29) is 16.1 Å². The van der Waals surface area contributed by atoms with Gasteiger partial charge in [0.1, 0.15) is 0 Å². The SMILES string of the molecule is CCC(=O)C(C)[S+]1c2ccccc2Oc2ccccc21.[O-][Cl+3]([O-])([O-])[O-]. The van der Waals surface area contributed by atoms with Gasteiger partial charge in [0.05, 0.1) is 10.9 Å². The average Bonchev–Trinajstić information content (AvgIpc) is 2.56. The predicted molar refractivity (Wildman–Crippen MR) is 81.6 cm³/mol. The lowest BCUT2D eigenvalue weighted by Gasteiger charge is -2.22. The van der Waals surface area contributed by atoms with Gasteiger partial charge in [-0.25, -0.2) is 18.6 Å². The lowest BCUT2D eigenvalue weighted by molar-refractivity contribution is -2.00. The number of fused-ring (bicyclic) bond motifs is 2. The van der Waals surface area contributed by atoms with E-state index in [9.17, 15) is 4.79 Å². The van der Waals surface area contributed by atoms with Crippen molar-refractivity contribution in [2.24, 2.45) is 0 Å². The van der Waals surface area contributed by atoms with Crippen LogP contribution in [0.3, 0.4) is 0 Å². The van der Waals surface area contributed by atoms with Crippen LogP contribution in [0.4, 0.5) is 0 Å². The van der Waals surface area contributed by atoms with Crippen LogP contribution in [0, 0.1) is 10.2 Å². The molecule has 0 aromatic heterocycles. The Morgan fingerprint density at radius 3 is 1.80 bits per heavy atom. The van der Waals surface area contributed by atoms with Crippen molar-refractivity contribution in [2.45, 2.75) is 35.3 Å². The maximum absolute atomic E-state index is 12.2. The van der Waals surface area contributed by atoms with E-state index in [2.05, 4.69) is 12.1 Å². The third kappa shape index (κ3) is 5.18. The summed E-state index contributed by atoms with van der Waals surface area (Å²) in [6.45, 7) is 3.97. The molecule has 0 amide bonds. The van der Waals surface area contributed by atoms with Crippen LogP contribution >= 0.6 is 0 Å². The normalized spacial score (nSPS) is 14.3. The van der Waals surface area contributed by atoms with Gasteiger partial charge >= 0.3 is 0 Å². The van der Waals surface area contributed by atoms with E-state index in [1.54, 1.807) is 0 Å². The number of ether oxygens (including phenoxy) is 1. The quantitative estimate of drug-likeness (QED) is 0.654. The highest BCUT2D eigenvalue weighted by atomic mass is 35.7. The number of carbonyl (C=O) groups is 1. The summed E-state index contributed by atoms with van der Waals surface area (Å²) >= 11 is 0. The van der Waals surface area contributed by atoms with Crippen LogP contribution in [-0.2, 0) is 15.7 Å². The summed E-state index contributed by atoms with van der Waals surface area (Å²) in [5.74, 6) is 2.07. The van der Waals surface area contributed by atoms with Crippen LogP contribution in [0.1, 0.15) is 20.3 Å². The Labute approximate surface area is 150 Å². The van der Waals surface area contributed by atoms with E-state index in [4.69, 9.17) is 23.4 Å². The molecule has 2 aromatic rings. The minimum atomic E-state index is -4.94. The highest BCUT2D eigenvalue weighted by molar-refractivity contribution is 7.98. The molecule has 0 saturated carbocycles. The lowest BCUT2D eigenvalue weighted by atomic mass is 10.2. The maximum atomic E-state index is 12.2. The standard InChI is InChI=1S/C17H17O2S.ClHO4/c1-3-13(18)12(2)20-16-10-6-4-8-14(16)19-15-9-5-7-11-17(15)20;2-1(3,4)5/h4-12H,3H2,1-2H3;(H,2,3,4,5)/q+1;/p-1. The number of Topliss-reactive ketones (excluding diaryl/α,β-unsaturated/α-hetero) is 1. The van der Waals surface area contributed by atoms with Gasteiger partial charge in [-0.3, -0.25) is 4.79 Å². The molecule has 25 heavy (non-hydrogen) atoms. The number of benzene rings is 2. The molecular weight excluding hydrogens is 368 g/mol. The van der Waals surface area contributed by atoms with Crippen LogP contribution < -0.4 is 23.4 Å². The van der Waals surface area contributed by atoms with Crippen LogP contribution in [0.25, 0.3) is 0 Å². The third-order valence-corrected chi connectivity index (χ3v) is 6.14. The lowest BCUT2D eigenvalue weighted by Crippen LogP contribution is -2.68. The molecule has 0 bridgehead atoms. The molecule has 0 fully saturated rings. The maximum Gasteiger partial charge on any atom is 0.203 e. The number of para-hydroxylation sites is 2. The van der Waals surface area contributed by atoms with Crippen LogP contribution in [0.5, 0.6) is 11.5 Å². The van der Waals surface area contributed by atoms with Gasteiger partial charge < -0.3 is 4.74 Å². The zero-order valence-electron chi connectivity index (χ0n) is 13.6. The van der Waals surface area contributed by atoms with Gasteiger partial charge in [0.15, 0.2) is 22.5 Å². The summed E-state index contributed by atoms with van der Waals surface area (Å²) in [5.41, 5.74) is 0. The Hall–Kier alpha value is -1.61. The second-order valence-electron chi connectivity index (χ2n) is 5.17. The van der Waals surface area contributed by atoms with Crippen molar-refractivity contribution in [3.05, 3.63) is 48.5 Å². The van der Waals surface area contributed by atoms with Crippen molar-refractivity contribution >= 4 is 16.7 Å². The van der Waals surface area contributed by atoms with E-state index in [0.717, 1.165) is 21.3 Å². The van der Waals surface area contributed by atoms with Crippen LogP contribution in [0.2, 0.25) is 0 Å². The van der Waals surface area contributed by atoms with Crippen LogP contribution in [0.15, 0.2) is 58.3 Å². The fourth-order valence-corrected chi connectivity index (χ4v) is 5.00. The molecule has 1 unspecified atom stereocenters. The molecule has 1 aliphatic heterocycles. The van der Waals surface area contributed by atoms with Gasteiger partial charge in [0.2, 0.25) is 9.79 Å². The zero-order valence-corrected chi connectivity index (χ0v) is 15.2. The second kappa shape index (κ2) is 8.18. The average molecular weight is 385 g/mol. The number of carbonyl (C=O) groups excluding carboxylic acids is 1. The number of hydrogen-bond donors (Lipinski definition) is 0. The number of ketones is 1. The molecule has 1 aliphatic rings. The molecule has 2 aromatic carbocycles. The van der Waals surface area contributed by atoms with Gasteiger partial charge in [-0.1, -0.05) is 31.2 Å². The molecule has 8 heteroatoms. The summed E-state index contributed by atoms with van der Waals surface area (Å²) in [4.78, 5) is 14.5. The fourth-order valence-electron chi connectivity index (χ4n) is 2.47. The number of halogens is 1. The Kier molecular flexibility index (Phi) is 6.45. The van der Waals surface area contributed by atoms with Gasteiger partial charge in [-0.15, -0.1) is 10.2 Å². The molecule has 6 nitrogen and oxygen atoms in total. The first-order chi connectivity index (χ1) is 11.7. The molecule has 1 heterocycles. The van der Waals surface area contributed by atoms with Gasteiger partial charge in [0, 0.05) is 6.42 Å². The first-order valence-electron chi connectivity index (χ1n) is 7.45. The van der Waals surface area contributed by atoms with Crippen molar-refractivity contribution in [1.82, 2.24) is 0 Å². The summed E-state index contributed by atoms with van der Waals surface area (Å²) in [6, 6.07) is 16.1. The summed E-state index contributed by atoms with van der Waals surface area (Å²) < 4.78 is 39.9. The molecule has 0 spiro atoms. The largest absolute Gasteiger partial charge is 0.447 e. The Balaban J connectivity index is 0.000000399. The van der Waals surface area contributed by atoms with Gasteiger partial charge in [0.25, 0.3) is 0 Å². The molecule has 134 valence electrons. The number of hydrogen-bond acceptors (Lipinski definition) is 6. The summed E-state index contributed by atoms with van der Waals surface area (Å²) in [7, 11) is -5.19. The van der Waals surface area contributed by atoms with E-state index >= 15 is 0 Å². The van der Waals surface area contributed by atoms with Crippen molar-refractivity contribution in [2.75, 3.05) is 0 Å². The Morgan fingerprint density at radius 1 is 1.00 bits per heavy atom. The first kappa shape index (κ1) is 19.7. The smallest absolute Gasteiger partial charge is 0.203 e. The molecule has 0 radical (unpaired) electrons. The van der Waals surface area contributed by atoms with Crippen molar-refractivity contribution in [3.63, 3.8) is 0 Å². The highest BCUT2D eigenvalue weighted by Crippen LogP contribution is 2.45. The van der Waals surface area contributed by atoms with E-state index in [0.29, 0.717) is 12.2 Å². The molecule has 3 rings (SSSR count). The first-order valence-corrected chi connectivity index (χ1v) is 9.98. The molecular formula is C17H17ClO6S. The van der Waals surface area contributed by atoms with Crippen LogP contribution in [-0.4, -0.2) is 11.0 Å². The van der Waals surface area contributed by atoms with Crippen molar-refractivity contribution in [3.8, 4) is 11.5 Å². The molecule has 1 atom stereocenters. The molecule has 0 N–H and O–H groups in total. The minimum Gasteiger partial charge on any atom is -0.447 e. The predicted octanol–water partition coefficient (Wildman–Crippen LogP) is -0.560. The molecule has 0 aliphatic carbocycles. The Morgan fingerprint density at radius 2 is 1.40 bits per heavy atom. The second-order valence-corrected chi connectivity index (χ2v) is 8.19. The van der Waals surface area contributed by atoms with E-state index in [1.807, 2.05) is 50.2 Å². The monoisotopic (exact) mass is 384 g/mol. The van der Waals surface area contributed by atoms with Crippen molar-refractivity contribution in [1.29, 1.82) is 0 Å². The van der Waals surface area contributed by atoms with Gasteiger partial charge in [-0.2, -0.15) is 0 Å². The summed E-state index contributed by atoms with van der Waals surface area (Å²) in [5, 5.41) is -0.00815.